The van der Waals surface area contributed by atoms with E-state index in [2.05, 4.69) is 10.6 Å². The van der Waals surface area contributed by atoms with Crippen molar-refractivity contribution in [2.24, 2.45) is 5.92 Å². The molecular formula is C17H21FN2O4. The number of amides is 2. The van der Waals surface area contributed by atoms with Crippen LogP contribution in [0.15, 0.2) is 12.1 Å². The Labute approximate surface area is 139 Å². The minimum atomic E-state index is -0.363. The van der Waals surface area contributed by atoms with Crippen molar-refractivity contribution in [2.45, 2.75) is 44.6 Å². The van der Waals surface area contributed by atoms with Gasteiger partial charge in [-0.15, -0.1) is 0 Å². The maximum atomic E-state index is 13.7. The number of hydrogen-bond donors (Lipinski definition) is 2. The predicted octanol–water partition coefficient (Wildman–Crippen LogP) is 2.06. The molecule has 0 unspecified atom stereocenters. The Bertz CT molecular complexity index is 635. The summed E-state index contributed by atoms with van der Waals surface area (Å²) >= 11 is 0. The summed E-state index contributed by atoms with van der Waals surface area (Å²) in [4.78, 5) is 12.2. The summed E-state index contributed by atoms with van der Waals surface area (Å²) in [6, 6.07) is 2.58. The number of nitrogens with one attached hydrogen (secondary N) is 2. The van der Waals surface area contributed by atoms with E-state index in [1.54, 1.807) is 0 Å². The fourth-order valence-electron chi connectivity index (χ4n) is 3.44. The van der Waals surface area contributed by atoms with Crippen molar-refractivity contribution >= 4 is 6.03 Å². The van der Waals surface area contributed by atoms with Crippen LogP contribution in [0.4, 0.5) is 9.18 Å². The van der Waals surface area contributed by atoms with Crippen LogP contribution in [0.5, 0.6) is 5.75 Å². The van der Waals surface area contributed by atoms with E-state index < -0.39 is 0 Å². The molecule has 1 saturated heterocycles. The van der Waals surface area contributed by atoms with E-state index in [1.807, 2.05) is 0 Å². The van der Waals surface area contributed by atoms with Gasteiger partial charge in [0.1, 0.15) is 11.6 Å². The van der Waals surface area contributed by atoms with Gasteiger partial charge in [0.2, 0.25) is 0 Å². The first-order chi connectivity index (χ1) is 11.7. The highest BCUT2D eigenvalue weighted by atomic mass is 19.1. The molecule has 2 aliphatic heterocycles. The second-order valence-electron chi connectivity index (χ2n) is 6.56. The Morgan fingerprint density at radius 2 is 2.17 bits per heavy atom. The average Bonchev–Trinajstić information content (AvgIpc) is 3.32. The van der Waals surface area contributed by atoms with E-state index >= 15 is 0 Å². The highest BCUT2D eigenvalue weighted by molar-refractivity contribution is 5.74. The Hall–Kier alpha value is -1.86. The standard InChI is InChI=1S/C17H21FN2O4/c18-13-5-11(15-12(6-13)8-22-9-24-15)7-19-17(21)20-14-3-4-23-16(14)10-1-2-10/h5-6,10,14,16H,1-4,7-9H2,(H2,19,20,21)/t14-,16+/m0/s1. The number of urea groups is 1. The molecule has 2 amide bonds. The molecule has 1 aliphatic carbocycles. The monoisotopic (exact) mass is 336 g/mol. The van der Waals surface area contributed by atoms with Crippen molar-refractivity contribution < 1.29 is 23.4 Å². The van der Waals surface area contributed by atoms with Crippen molar-refractivity contribution in [3.05, 3.63) is 29.1 Å². The van der Waals surface area contributed by atoms with E-state index in [1.165, 1.54) is 25.0 Å². The SMILES string of the molecule is O=C(NCc1cc(F)cc2c1OCOC2)N[C@H]1CCO[C@@H]1C1CC1. The lowest BCUT2D eigenvalue weighted by Gasteiger charge is -2.22. The van der Waals surface area contributed by atoms with E-state index in [4.69, 9.17) is 14.2 Å². The maximum Gasteiger partial charge on any atom is 0.315 e. The van der Waals surface area contributed by atoms with E-state index in [0.717, 1.165) is 6.42 Å². The molecule has 0 spiro atoms. The highest BCUT2D eigenvalue weighted by Gasteiger charge is 2.41. The zero-order valence-electron chi connectivity index (χ0n) is 13.3. The molecular weight excluding hydrogens is 315 g/mol. The maximum absolute atomic E-state index is 13.7. The van der Waals surface area contributed by atoms with Gasteiger partial charge < -0.3 is 24.8 Å². The molecule has 0 bridgehead atoms. The summed E-state index contributed by atoms with van der Waals surface area (Å²) < 4.78 is 30.0. The van der Waals surface area contributed by atoms with Crippen LogP contribution in [0.1, 0.15) is 30.4 Å². The van der Waals surface area contributed by atoms with Crippen LogP contribution in [-0.2, 0) is 22.6 Å². The van der Waals surface area contributed by atoms with Crippen LogP contribution in [-0.4, -0.2) is 31.6 Å². The fraction of sp³-hybridized carbons (Fsp3) is 0.588. The van der Waals surface area contributed by atoms with Crippen LogP contribution in [0.25, 0.3) is 0 Å². The summed E-state index contributed by atoms with van der Waals surface area (Å²) in [5.74, 6) is 0.822. The summed E-state index contributed by atoms with van der Waals surface area (Å²) in [6.45, 7) is 1.35. The zero-order valence-corrected chi connectivity index (χ0v) is 13.3. The first kappa shape index (κ1) is 15.7. The molecule has 2 heterocycles. The average molecular weight is 336 g/mol. The normalized spacial score (nSPS) is 25.7. The second-order valence-corrected chi connectivity index (χ2v) is 6.56. The van der Waals surface area contributed by atoms with Gasteiger partial charge in [-0.25, -0.2) is 9.18 Å². The Morgan fingerprint density at radius 3 is 3.00 bits per heavy atom. The third kappa shape index (κ3) is 3.32. The van der Waals surface area contributed by atoms with Crippen molar-refractivity contribution in [3.8, 4) is 5.75 Å². The van der Waals surface area contributed by atoms with Gasteiger partial charge in [-0.3, -0.25) is 0 Å². The quantitative estimate of drug-likeness (QED) is 0.883. The third-order valence-electron chi connectivity index (χ3n) is 4.73. The van der Waals surface area contributed by atoms with Crippen LogP contribution in [0, 0.1) is 11.7 Å². The molecule has 6 nitrogen and oxygen atoms in total. The minimum absolute atomic E-state index is 0.0589. The van der Waals surface area contributed by atoms with Crippen molar-refractivity contribution in [1.82, 2.24) is 10.6 Å². The summed E-state index contributed by atoms with van der Waals surface area (Å²) in [6.07, 6.45) is 3.33. The van der Waals surface area contributed by atoms with Crippen molar-refractivity contribution in [1.29, 1.82) is 0 Å². The smallest absolute Gasteiger partial charge is 0.315 e. The first-order valence-corrected chi connectivity index (χ1v) is 8.38. The Morgan fingerprint density at radius 1 is 1.29 bits per heavy atom. The predicted molar refractivity (Wildman–Crippen MR) is 82.9 cm³/mol. The third-order valence-corrected chi connectivity index (χ3v) is 4.73. The number of carbonyl (C=O) groups excluding carboxylic acids is 1. The lowest BCUT2D eigenvalue weighted by Crippen LogP contribution is -2.46. The number of fused-ring (bicyclic) bond motifs is 1. The van der Waals surface area contributed by atoms with E-state index in [-0.39, 0.29) is 37.3 Å². The van der Waals surface area contributed by atoms with E-state index in [0.29, 0.717) is 36.0 Å². The minimum Gasteiger partial charge on any atom is -0.467 e. The number of halogens is 1. The second kappa shape index (κ2) is 6.57. The zero-order chi connectivity index (χ0) is 16.5. The van der Waals surface area contributed by atoms with Gasteiger partial charge in [0.15, 0.2) is 6.79 Å². The molecule has 130 valence electrons. The number of carbonyl (C=O) groups is 1. The summed E-state index contributed by atoms with van der Waals surface area (Å²) in [5, 5.41) is 5.77. The molecule has 2 atom stereocenters. The van der Waals surface area contributed by atoms with Crippen LogP contribution in [0.2, 0.25) is 0 Å². The molecule has 4 rings (SSSR count). The highest BCUT2D eigenvalue weighted by Crippen LogP contribution is 2.38. The summed E-state index contributed by atoms with van der Waals surface area (Å²) in [5.41, 5.74) is 1.28. The van der Waals surface area contributed by atoms with Gasteiger partial charge >= 0.3 is 6.03 Å². The molecule has 1 aromatic rings. The Balaban J connectivity index is 1.36. The van der Waals surface area contributed by atoms with Gasteiger partial charge in [-0.1, -0.05) is 0 Å². The molecule has 1 saturated carbocycles. The van der Waals surface area contributed by atoms with Crippen molar-refractivity contribution in [2.75, 3.05) is 13.4 Å². The van der Waals surface area contributed by atoms with Crippen LogP contribution in [0.3, 0.4) is 0 Å². The molecule has 2 N–H and O–H groups in total. The van der Waals surface area contributed by atoms with Gasteiger partial charge in [-0.05, 0) is 37.3 Å². The van der Waals surface area contributed by atoms with Gasteiger partial charge in [0, 0.05) is 24.3 Å². The summed E-state index contributed by atoms with van der Waals surface area (Å²) in [7, 11) is 0. The first-order valence-electron chi connectivity index (χ1n) is 8.38. The van der Waals surface area contributed by atoms with Gasteiger partial charge in [0.05, 0.1) is 18.8 Å². The molecule has 0 radical (unpaired) electrons. The van der Waals surface area contributed by atoms with Gasteiger partial charge in [0.25, 0.3) is 0 Å². The topological polar surface area (TPSA) is 68.8 Å². The molecule has 1 aromatic carbocycles. The molecule has 24 heavy (non-hydrogen) atoms. The van der Waals surface area contributed by atoms with Crippen LogP contribution < -0.4 is 15.4 Å². The van der Waals surface area contributed by atoms with Crippen LogP contribution >= 0.6 is 0 Å². The van der Waals surface area contributed by atoms with E-state index in [9.17, 15) is 9.18 Å². The number of benzene rings is 1. The van der Waals surface area contributed by atoms with Crippen molar-refractivity contribution in [3.63, 3.8) is 0 Å². The lowest BCUT2D eigenvalue weighted by molar-refractivity contribution is -0.0173. The van der Waals surface area contributed by atoms with Gasteiger partial charge in [-0.2, -0.15) is 0 Å². The Kier molecular flexibility index (Phi) is 4.28. The number of ether oxygens (including phenoxy) is 3. The molecule has 0 aromatic heterocycles. The number of hydrogen-bond acceptors (Lipinski definition) is 4. The number of rotatable bonds is 4. The fourth-order valence-corrected chi connectivity index (χ4v) is 3.44. The molecule has 7 heteroatoms. The largest absolute Gasteiger partial charge is 0.467 e. The molecule has 3 aliphatic rings. The molecule has 2 fully saturated rings. The lowest BCUT2D eigenvalue weighted by atomic mass is 10.1.